The van der Waals surface area contributed by atoms with E-state index in [1.807, 2.05) is 13.8 Å². The van der Waals surface area contributed by atoms with Crippen molar-refractivity contribution in [1.82, 2.24) is 0 Å². The molecule has 0 saturated heterocycles. The summed E-state index contributed by atoms with van der Waals surface area (Å²) < 4.78 is 4.25. The zero-order valence-electron chi connectivity index (χ0n) is 6.73. The first-order valence-corrected chi connectivity index (χ1v) is 3.14. The normalized spacial score (nSPS) is 7.56. The Labute approximate surface area is 57.2 Å². The highest BCUT2D eigenvalue weighted by molar-refractivity contribution is 5.77. The Balaban J connectivity index is 0. The van der Waals surface area contributed by atoms with Gasteiger partial charge in [0.25, 0.3) is 0 Å². The predicted molar refractivity (Wildman–Crippen MR) is 38.5 cm³/mol. The molecule has 0 aliphatic heterocycles. The van der Waals surface area contributed by atoms with Crippen LogP contribution in [0.15, 0.2) is 0 Å². The van der Waals surface area contributed by atoms with Crippen molar-refractivity contribution in [3.05, 3.63) is 0 Å². The van der Waals surface area contributed by atoms with Gasteiger partial charge in [0.15, 0.2) is 0 Å². The molecule has 0 unspecified atom stereocenters. The highest BCUT2D eigenvalue weighted by Gasteiger charge is 1.86. The highest BCUT2D eigenvalue weighted by Crippen LogP contribution is 1.82. The molecule has 0 aromatic carbocycles. The SMILES string of the molecule is CCC(=O)CC.COC. The lowest BCUT2D eigenvalue weighted by Gasteiger charge is -1.81. The number of hydrogen-bond acceptors (Lipinski definition) is 2. The molecular weight excluding hydrogens is 116 g/mol. The van der Waals surface area contributed by atoms with E-state index in [1.54, 1.807) is 14.2 Å². The van der Waals surface area contributed by atoms with Gasteiger partial charge in [-0.2, -0.15) is 0 Å². The minimum atomic E-state index is 0.343. The molecule has 0 aromatic heterocycles. The van der Waals surface area contributed by atoms with Crippen molar-refractivity contribution in [2.24, 2.45) is 0 Å². The average Bonchev–Trinajstić information content (AvgIpc) is 1.88. The van der Waals surface area contributed by atoms with E-state index >= 15 is 0 Å². The minimum absolute atomic E-state index is 0.343. The van der Waals surface area contributed by atoms with Crippen molar-refractivity contribution in [3.63, 3.8) is 0 Å². The summed E-state index contributed by atoms with van der Waals surface area (Å²) in [7, 11) is 3.25. The van der Waals surface area contributed by atoms with Gasteiger partial charge < -0.3 is 4.74 Å². The molecule has 0 rings (SSSR count). The van der Waals surface area contributed by atoms with Gasteiger partial charge in [-0.15, -0.1) is 0 Å². The Morgan fingerprint density at radius 1 is 1.22 bits per heavy atom. The molecule has 0 fully saturated rings. The maximum Gasteiger partial charge on any atom is 0.132 e. The van der Waals surface area contributed by atoms with Crippen LogP contribution in [0.25, 0.3) is 0 Å². The smallest absolute Gasteiger partial charge is 0.132 e. The third kappa shape index (κ3) is 18.4. The van der Waals surface area contributed by atoms with Gasteiger partial charge in [0.2, 0.25) is 0 Å². The number of carbonyl (C=O) groups is 1. The molecule has 2 nitrogen and oxygen atoms in total. The first-order chi connectivity index (χ1) is 4.22. The molecule has 0 aliphatic carbocycles. The average molecular weight is 132 g/mol. The van der Waals surface area contributed by atoms with Gasteiger partial charge in [-0.1, -0.05) is 13.8 Å². The van der Waals surface area contributed by atoms with Crippen LogP contribution in [0, 0.1) is 0 Å². The summed E-state index contributed by atoms with van der Waals surface area (Å²) in [6.07, 6.45) is 1.38. The third-order valence-electron chi connectivity index (χ3n) is 0.789. The molecule has 56 valence electrons. The molecule has 0 N–H and O–H groups in total. The zero-order chi connectivity index (χ0) is 7.70. The van der Waals surface area contributed by atoms with Crippen molar-refractivity contribution >= 4 is 5.78 Å². The lowest BCUT2D eigenvalue weighted by molar-refractivity contribution is -0.118. The van der Waals surface area contributed by atoms with Crippen LogP contribution < -0.4 is 0 Å². The summed E-state index contributed by atoms with van der Waals surface area (Å²) in [5.74, 6) is 0.343. The van der Waals surface area contributed by atoms with E-state index in [9.17, 15) is 4.79 Å². The molecule has 0 aromatic rings. The monoisotopic (exact) mass is 132 g/mol. The highest BCUT2D eigenvalue weighted by atomic mass is 16.4. The Bertz CT molecular complexity index is 53.9. The van der Waals surface area contributed by atoms with Crippen molar-refractivity contribution in [2.45, 2.75) is 26.7 Å². The molecule has 0 spiro atoms. The Morgan fingerprint density at radius 3 is 1.44 bits per heavy atom. The van der Waals surface area contributed by atoms with Crippen molar-refractivity contribution in [3.8, 4) is 0 Å². The largest absolute Gasteiger partial charge is 0.388 e. The summed E-state index contributed by atoms with van der Waals surface area (Å²) in [6.45, 7) is 3.76. The van der Waals surface area contributed by atoms with Crippen LogP contribution >= 0.6 is 0 Å². The zero-order valence-corrected chi connectivity index (χ0v) is 6.73. The second-order valence-electron chi connectivity index (χ2n) is 1.65. The van der Waals surface area contributed by atoms with Gasteiger partial charge in [-0.05, 0) is 0 Å². The number of ether oxygens (including phenoxy) is 1. The molecule has 0 amide bonds. The fourth-order valence-electron chi connectivity index (χ4n) is 0.250. The van der Waals surface area contributed by atoms with E-state index < -0.39 is 0 Å². The van der Waals surface area contributed by atoms with Crippen molar-refractivity contribution < 1.29 is 9.53 Å². The van der Waals surface area contributed by atoms with Crippen LogP contribution in [0.2, 0.25) is 0 Å². The first kappa shape index (κ1) is 11.4. The molecule has 2 heteroatoms. The number of carbonyl (C=O) groups excluding carboxylic acids is 1. The summed E-state index contributed by atoms with van der Waals surface area (Å²) in [5, 5.41) is 0. The minimum Gasteiger partial charge on any atom is -0.388 e. The fraction of sp³-hybridized carbons (Fsp3) is 0.857. The molecule has 0 saturated carbocycles. The van der Waals surface area contributed by atoms with E-state index in [4.69, 9.17) is 0 Å². The van der Waals surface area contributed by atoms with Crippen LogP contribution in [0.3, 0.4) is 0 Å². The van der Waals surface area contributed by atoms with Crippen LogP contribution in [-0.4, -0.2) is 20.0 Å². The van der Waals surface area contributed by atoms with E-state index in [0.717, 1.165) is 0 Å². The third-order valence-corrected chi connectivity index (χ3v) is 0.789. The molecule has 0 atom stereocenters. The quantitative estimate of drug-likeness (QED) is 0.571. The van der Waals surface area contributed by atoms with Crippen LogP contribution in [0.1, 0.15) is 26.7 Å². The van der Waals surface area contributed by atoms with Crippen LogP contribution in [0.4, 0.5) is 0 Å². The van der Waals surface area contributed by atoms with E-state index in [1.165, 1.54) is 0 Å². The Hall–Kier alpha value is -0.370. The van der Waals surface area contributed by atoms with Gasteiger partial charge in [-0.25, -0.2) is 0 Å². The van der Waals surface area contributed by atoms with E-state index in [0.29, 0.717) is 18.6 Å². The second-order valence-corrected chi connectivity index (χ2v) is 1.65. The van der Waals surface area contributed by atoms with Gasteiger partial charge in [0.1, 0.15) is 5.78 Å². The molecule has 0 radical (unpaired) electrons. The molecule has 0 heterocycles. The van der Waals surface area contributed by atoms with Crippen LogP contribution in [-0.2, 0) is 9.53 Å². The Kier molecular flexibility index (Phi) is 13.4. The predicted octanol–water partition coefficient (Wildman–Crippen LogP) is 1.64. The first-order valence-electron chi connectivity index (χ1n) is 3.14. The molecule has 0 aliphatic rings. The van der Waals surface area contributed by atoms with Gasteiger partial charge >= 0.3 is 0 Å². The second kappa shape index (κ2) is 10.6. The topological polar surface area (TPSA) is 26.3 Å². The lowest BCUT2D eigenvalue weighted by Crippen LogP contribution is -1.88. The number of hydrogen-bond donors (Lipinski definition) is 0. The standard InChI is InChI=1S/C5H10O.C2H6O/c1-3-5(6)4-2;1-3-2/h3-4H2,1-2H3;1-2H3. The number of Topliss-reactive ketones (excluding diaryl/α,β-unsaturated/α-hetero) is 1. The van der Waals surface area contributed by atoms with Crippen molar-refractivity contribution in [1.29, 1.82) is 0 Å². The molecule has 9 heavy (non-hydrogen) atoms. The molecule has 0 bridgehead atoms. The maximum absolute atomic E-state index is 10.2. The van der Waals surface area contributed by atoms with Crippen LogP contribution in [0.5, 0.6) is 0 Å². The number of methoxy groups -OCH3 is 1. The summed E-state index contributed by atoms with van der Waals surface area (Å²) >= 11 is 0. The van der Waals surface area contributed by atoms with E-state index in [-0.39, 0.29) is 0 Å². The van der Waals surface area contributed by atoms with Crippen molar-refractivity contribution in [2.75, 3.05) is 14.2 Å². The van der Waals surface area contributed by atoms with Gasteiger partial charge in [0.05, 0.1) is 0 Å². The fourth-order valence-corrected chi connectivity index (χ4v) is 0.250. The number of ketones is 1. The summed E-state index contributed by atoms with van der Waals surface area (Å²) in [4.78, 5) is 10.2. The summed E-state index contributed by atoms with van der Waals surface area (Å²) in [5.41, 5.74) is 0. The Morgan fingerprint density at radius 2 is 1.44 bits per heavy atom. The van der Waals surface area contributed by atoms with E-state index in [2.05, 4.69) is 4.74 Å². The maximum atomic E-state index is 10.2. The lowest BCUT2D eigenvalue weighted by atomic mass is 10.3. The van der Waals surface area contributed by atoms with Gasteiger partial charge in [0, 0.05) is 27.1 Å². The number of rotatable bonds is 2. The molecular formula is C7H16O2. The summed E-state index contributed by atoms with van der Waals surface area (Å²) in [6, 6.07) is 0. The van der Waals surface area contributed by atoms with Gasteiger partial charge in [-0.3, -0.25) is 4.79 Å².